The highest BCUT2D eigenvalue weighted by atomic mass is 16.5. The maximum Gasteiger partial charge on any atom is 0.232 e. The van der Waals surface area contributed by atoms with Gasteiger partial charge in [-0.2, -0.15) is 0 Å². The Balaban J connectivity index is 2.20. The number of phenols is 1. The lowest BCUT2D eigenvalue weighted by Gasteiger charge is -2.35. The first kappa shape index (κ1) is 12.0. The zero-order chi connectivity index (χ0) is 13.8. The van der Waals surface area contributed by atoms with Crippen molar-refractivity contribution in [1.82, 2.24) is 0 Å². The molecule has 1 heterocycles. The average molecular weight is 258 g/mol. The van der Waals surface area contributed by atoms with E-state index in [4.69, 9.17) is 4.74 Å². The van der Waals surface area contributed by atoms with Crippen molar-refractivity contribution in [1.29, 1.82) is 0 Å². The topological polar surface area (TPSA) is 63.6 Å². The van der Waals surface area contributed by atoms with Gasteiger partial charge in [-0.05, 0) is 32.8 Å². The van der Waals surface area contributed by atoms with E-state index in [9.17, 15) is 14.7 Å². The van der Waals surface area contributed by atoms with Crippen LogP contribution in [-0.2, 0) is 4.74 Å². The van der Waals surface area contributed by atoms with Crippen LogP contribution < -0.4 is 0 Å². The van der Waals surface area contributed by atoms with Gasteiger partial charge in [0.1, 0.15) is 11.4 Å². The number of phenolic OH excluding ortho intramolecular Hbond substituents is 1. The van der Waals surface area contributed by atoms with E-state index in [1.807, 2.05) is 13.8 Å². The largest absolute Gasteiger partial charge is 0.507 e. The van der Waals surface area contributed by atoms with Crippen LogP contribution in [0.15, 0.2) is 29.5 Å². The summed E-state index contributed by atoms with van der Waals surface area (Å²) in [5.74, 6) is -0.670. The number of benzene rings is 1. The fraction of sp³-hybridized carbons (Fsp3) is 0.333. The van der Waals surface area contributed by atoms with Crippen molar-refractivity contribution in [3.05, 3.63) is 40.7 Å². The molecule has 0 bridgehead atoms. The molecule has 0 spiro atoms. The molecule has 19 heavy (non-hydrogen) atoms. The Hall–Kier alpha value is -2.10. The summed E-state index contributed by atoms with van der Waals surface area (Å²) in [4.78, 5) is 24.8. The van der Waals surface area contributed by atoms with Gasteiger partial charge in [-0.3, -0.25) is 9.59 Å². The number of hydrogen-bond donors (Lipinski definition) is 1. The van der Waals surface area contributed by atoms with E-state index in [-0.39, 0.29) is 28.4 Å². The molecule has 0 atom stereocenters. The predicted molar refractivity (Wildman–Crippen MR) is 68.2 cm³/mol. The lowest BCUT2D eigenvalue weighted by molar-refractivity contribution is 0.0101. The van der Waals surface area contributed by atoms with E-state index >= 15 is 0 Å². The van der Waals surface area contributed by atoms with Gasteiger partial charge < -0.3 is 9.84 Å². The number of ether oxygens (including phenoxy) is 1. The highest BCUT2D eigenvalue weighted by Crippen LogP contribution is 2.40. The van der Waals surface area contributed by atoms with Crippen LogP contribution in [0.5, 0.6) is 5.75 Å². The Morgan fingerprint density at radius 3 is 2.68 bits per heavy atom. The molecule has 4 nitrogen and oxygen atoms in total. The first-order valence-corrected chi connectivity index (χ1v) is 6.24. The summed E-state index contributed by atoms with van der Waals surface area (Å²) in [6, 6.07) is 4.54. The molecule has 0 saturated heterocycles. The van der Waals surface area contributed by atoms with Crippen LogP contribution in [0.3, 0.4) is 0 Å². The maximum absolute atomic E-state index is 12.4. The van der Waals surface area contributed by atoms with Gasteiger partial charge in [-0.15, -0.1) is 0 Å². The summed E-state index contributed by atoms with van der Waals surface area (Å²) >= 11 is 0. The second-order valence-corrected chi connectivity index (χ2v) is 5.53. The average Bonchev–Trinajstić information content (AvgIpc) is 2.34. The normalized spacial score (nSPS) is 20.7. The van der Waals surface area contributed by atoms with Crippen LogP contribution in [0.4, 0.5) is 0 Å². The van der Waals surface area contributed by atoms with Crippen molar-refractivity contribution in [3.63, 3.8) is 0 Å². The van der Waals surface area contributed by atoms with Gasteiger partial charge in [0.2, 0.25) is 5.78 Å². The fourth-order valence-electron chi connectivity index (χ4n) is 2.57. The number of allylic oxidation sites excluding steroid dienone is 2. The van der Waals surface area contributed by atoms with Crippen LogP contribution in [0.25, 0.3) is 0 Å². The molecule has 1 N–H and O–H groups in total. The van der Waals surface area contributed by atoms with E-state index in [0.29, 0.717) is 18.4 Å². The molecule has 1 aliphatic heterocycles. The predicted octanol–water partition coefficient (Wildman–Crippen LogP) is 2.61. The number of rotatable bonds is 0. The Morgan fingerprint density at radius 1 is 1.21 bits per heavy atom. The minimum Gasteiger partial charge on any atom is -0.507 e. The second kappa shape index (κ2) is 3.70. The third kappa shape index (κ3) is 1.67. The molecule has 2 aliphatic rings. The van der Waals surface area contributed by atoms with Gasteiger partial charge in [-0.1, -0.05) is 12.1 Å². The number of carbonyl (C=O) groups is 2. The number of hydrogen-bond acceptors (Lipinski definition) is 4. The van der Waals surface area contributed by atoms with Gasteiger partial charge in [-0.25, -0.2) is 0 Å². The summed E-state index contributed by atoms with van der Waals surface area (Å²) in [7, 11) is 0. The van der Waals surface area contributed by atoms with E-state index in [0.717, 1.165) is 0 Å². The molecular formula is C15H14O4. The van der Waals surface area contributed by atoms with Crippen LogP contribution >= 0.6 is 0 Å². The maximum atomic E-state index is 12.4. The van der Waals surface area contributed by atoms with Crippen molar-refractivity contribution in [3.8, 4) is 5.75 Å². The first-order valence-electron chi connectivity index (χ1n) is 6.24. The molecule has 98 valence electrons. The minimum atomic E-state index is -0.462. The van der Waals surface area contributed by atoms with Crippen molar-refractivity contribution in [2.45, 2.75) is 32.3 Å². The van der Waals surface area contributed by atoms with E-state index in [1.54, 1.807) is 12.1 Å². The molecule has 1 aliphatic carbocycles. The third-order valence-electron chi connectivity index (χ3n) is 3.62. The fourth-order valence-corrected chi connectivity index (χ4v) is 2.57. The molecule has 0 radical (unpaired) electrons. The molecule has 0 saturated carbocycles. The number of fused-ring (bicyclic) bond motifs is 1. The van der Waals surface area contributed by atoms with Gasteiger partial charge >= 0.3 is 0 Å². The first-order chi connectivity index (χ1) is 8.91. The monoisotopic (exact) mass is 258 g/mol. The lowest BCUT2D eigenvalue weighted by atomic mass is 9.82. The van der Waals surface area contributed by atoms with Crippen molar-refractivity contribution in [2.24, 2.45) is 0 Å². The molecular weight excluding hydrogens is 244 g/mol. The summed E-state index contributed by atoms with van der Waals surface area (Å²) in [5, 5.41) is 9.81. The van der Waals surface area contributed by atoms with Gasteiger partial charge in [0.05, 0.1) is 5.56 Å². The molecule has 1 aromatic carbocycles. The van der Waals surface area contributed by atoms with Crippen LogP contribution in [0.2, 0.25) is 0 Å². The van der Waals surface area contributed by atoms with Gasteiger partial charge in [0, 0.05) is 11.1 Å². The highest BCUT2D eigenvalue weighted by molar-refractivity contribution is 6.27. The van der Waals surface area contributed by atoms with E-state index in [1.165, 1.54) is 6.07 Å². The van der Waals surface area contributed by atoms with Crippen molar-refractivity contribution in [2.75, 3.05) is 0 Å². The van der Waals surface area contributed by atoms with E-state index in [2.05, 4.69) is 0 Å². The molecule has 4 heteroatoms. The second-order valence-electron chi connectivity index (χ2n) is 5.53. The Kier molecular flexibility index (Phi) is 2.33. The molecule has 0 fully saturated rings. The van der Waals surface area contributed by atoms with Crippen LogP contribution in [0, 0.1) is 0 Å². The zero-order valence-corrected chi connectivity index (χ0v) is 10.8. The Morgan fingerprint density at radius 2 is 1.95 bits per heavy atom. The Labute approximate surface area is 110 Å². The van der Waals surface area contributed by atoms with Gasteiger partial charge in [0.15, 0.2) is 11.5 Å². The molecule has 3 rings (SSSR count). The summed E-state index contributed by atoms with van der Waals surface area (Å²) < 4.78 is 5.67. The summed E-state index contributed by atoms with van der Waals surface area (Å²) in [5.41, 5.74) is 0.301. The SMILES string of the molecule is CC1(C)CCC2=C(O1)C(=O)c1c(O)cccc1C2=O. The lowest BCUT2D eigenvalue weighted by Crippen LogP contribution is -2.35. The summed E-state index contributed by atoms with van der Waals surface area (Å²) in [6.07, 6.45) is 1.22. The molecule has 0 aromatic heterocycles. The smallest absolute Gasteiger partial charge is 0.232 e. The van der Waals surface area contributed by atoms with Crippen LogP contribution in [-0.4, -0.2) is 22.3 Å². The standard InChI is InChI=1S/C15H14O4/c1-15(2)7-6-9-12(17)8-4-3-5-10(16)11(8)13(18)14(9)19-15/h3-5,16H,6-7H2,1-2H3. The number of carbonyl (C=O) groups excluding carboxylic acids is 2. The van der Waals surface area contributed by atoms with E-state index < -0.39 is 11.4 Å². The Bertz CT molecular complexity index is 638. The minimum absolute atomic E-state index is 0.0592. The molecule has 0 unspecified atom stereocenters. The molecule has 1 aromatic rings. The number of Topliss-reactive ketones (excluding diaryl/α,β-unsaturated/α-hetero) is 2. The zero-order valence-electron chi connectivity index (χ0n) is 10.8. The van der Waals surface area contributed by atoms with Crippen molar-refractivity contribution >= 4 is 11.6 Å². The summed E-state index contributed by atoms with van der Waals surface area (Å²) in [6.45, 7) is 3.77. The number of aromatic hydroxyl groups is 1. The van der Waals surface area contributed by atoms with Gasteiger partial charge in [0.25, 0.3) is 0 Å². The van der Waals surface area contributed by atoms with Crippen LogP contribution in [0.1, 0.15) is 47.4 Å². The van der Waals surface area contributed by atoms with Crippen molar-refractivity contribution < 1.29 is 19.4 Å². The molecule has 0 amide bonds. The number of ketones is 2. The quantitative estimate of drug-likeness (QED) is 0.777. The third-order valence-corrected chi connectivity index (χ3v) is 3.62. The highest BCUT2D eigenvalue weighted by Gasteiger charge is 2.41.